The van der Waals surface area contributed by atoms with Crippen LogP contribution in [0.25, 0.3) is 43.6 Å². The van der Waals surface area contributed by atoms with Gasteiger partial charge in [0.25, 0.3) is 0 Å². The molecule has 2 radical (unpaired) electrons. The Morgan fingerprint density at radius 3 is 2.20 bits per heavy atom. The van der Waals surface area contributed by atoms with Gasteiger partial charge in [0, 0.05) is 21.1 Å². The standard InChI is InChI=1S/C19H14N.C9H7.C2H6Si.2ClH.Zr/c1-13-9-14-6-4-7-17(18(14)10-13)16-11-15-5-2-3-8-19(15)20-12-16;1-2-5-9-7-3-6-8(9)4-1;1-3-2;;;/h2-12H,1H3;1-7H;1-2H3;2*1H;/q2*-1;;;;+4/p-2. The molecule has 1 heterocycles. The van der Waals surface area contributed by atoms with E-state index in [2.05, 4.69) is 116 Å². The average molecular weight is 592 g/mol. The van der Waals surface area contributed by atoms with Crippen LogP contribution < -0.4 is 0 Å². The van der Waals surface area contributed by atoms with E-state index in [-0.39, 0.29) is 0 Å². The van der Waals surface area contributed by atoms with Gasteiger partial charge in [0.15, 0.2) is 0 Å². The number of rotatable bonds is 1. The van der Waals surface area contributed by atoms with Gasteiger partial charge in [0.05, 0.1) is 5.52 Å². The smallest absolute Gasteiger partial charge is 0.0809 e. The molecule has 5 aromatic carbocycles. The zero-order chi connectivity index (χ0) is 25.0. The van der Waals surface area contributed by atoms with Gasteiger partial charge in [-0.2, -0.15) is 23.6 Å². The second-order valence-corrected chi connectivity index (χ2v) is 12.7. The topological polar surface area (TPSA) is 12.9 Å². The maximum Gasteiger partial charge on any atom is -0.0809 e. The van der Waals surface area contributed by atoms with E-state index >= 15 is 0 Å². The first-order valence-corrected chi connectivity index (χ1v) is 19.6. The molecule has 1 aromatic heterocycles. The van der Waals surface area contributed by atoms with Gasteiger partial charge >= 0.3 is 37.9 Å². The Bertz CT molecular complexity index is 1440. The molecule has 6 rings (SSSR count). The number of fused-ring (bicyclic) bond motifs is 3. The molecular formula is C30H27Cl2NSiZr. The first-order valence-electron chi connectivity index (χ1n) is 11.3. The largest absolute Gasteiger partial charge is 0.168 e. The Balaban J connectivity index is 0.000000189. The summed E-state index contributed by atoms with van der Waals surface area (Å²) in [6.45, 7) is 6.45. The summed E-state index contributed by atoms with van der Waals surface area (Å²) in [7, 11) is 11.0. The molecule has 35 heavy (non-hydrogen) atoms. The number of para-hydroxylation sites is 1. The van der Waals surface area contributed by atoms with Crippen LogP contribution in [0, 0.1) is 6.92 Å². The van der Waals surface area contributed by atoms with E-state index in [0.717, 1.165) is 15.0 Å². The Hall–Kier alpha value is -2.03. The number of aromatic nitrogens is 1. The molecule has 0 aliphatic rings. The summed E-state index contributed by atoms with van der Waals surface area (Å²) in [6, 6.07) is 36.1. The quantitative estimate of drug-likeness (QED) is 0.137. The minimum Gasteiger partial charge on any atom is -0.168 e. The fourth-order valence-corrected chi connectivity index (χ4v) is 3.92. The van der Waals surface area contributed by atoms with Crippen LogP contribution in [-0.4, -0.2) is 14.5 Å². The summed E-state index contributed by atoms with van der Waals surface area (Å²) < 4.78 is 0. The van der Waals surface area contributed by atoms with Crippen LogP contribution in [0.2, 0.25) is 13.1 Å². The number of nitrogens with zero attached hydrogens (tertiary/aromatic N) is 1. The van der Waals surface area contributed by atoms with Crippen LogP contribution in [0.3, 0.4) is 0 Å². The van der Waals surface area contributed by atoms with E-state index < -0.39 is 20.8 Å². The normalized spacial score (nSPS) is 9.86. The van der Waals surface area contributed by atoms with Crippen LogP contribution in [-0.2, 0) is 20.8 Å². The monoisotopic (exact) mass is 589 g/mol. The molecule has 0 unspecified atom stereocenters. The van der Waals surface area contributed by atoms with Crippen LogP contribution >= 0.6 is 17.0 Å². The Labute approximate surface area is 229 Å². The summed E-state index contributed by atoms with van der Waals surface area (Å²) in [5.74, 6) is 0. The van der Waals surface area contributed by atoms with Crippen molar-refractivity contribution in [3.63, 3.8) is 0 Å². The van der Waals surface area contributed by atoms with E-state index in [9.17, 15) is 0 Å². The predicted octanol–water partition coefficient (Wildman–Crippen LogP) is 9.80. The number of aryl methyl sites for hydroxylation is 1. The van der Waals surface area contributed by atoms with Gasteiger partial charge in [-0.05, 0) is 17.7 Å². The summed E-state index contributed by atoms with van der Waals surface area (Å²) in [5.41, 5.74) is 4.79. The van der Waals surface area contributed by atoms with Gasteiger partial charge in [-0.3, -0.25) is 4.98 Å². The summed E-state index contributed by atoms with van der Waals surface area (Å²) in [4.78, 5) is 4.57. The van der Waals surface area contributed by atoms with Crippen molar-refractivity contribution >= 4 is 59.0 Å². The van der Waals surface area contributed by atoms with Crippen LogP contribution in [0.5, 0.6) is 0 Å². The molecule has 0 atom stereocenters. The summed E-state index contributed by atoms with van der Waals surface area (Å²) >= 11 is -0.826. The molecule has 0 aliphatic carbocycles. The summed E-state index contributed by atoms with van der Waals surface area (Å²) in [6.07, 6.45) is 1.97. The molecule has 0 saturated heterocycles. The molecule has 0 fully saturated rings. The third-order valence-electron chi connectivity index (χ3n) is 5.34. The minimum absolute atomic E-state index is 0.826. The minimum atomic E-state index is -0.826. The second-order valence-electron chi connectivity index (χ2n) is 7.98. The van der Waals surface area contributed by atoms with Crippen molar-refractivity contribution in [2.24, 2.45) is 0 Å². The third kappa shape index (κ3) is 7.72. The van der Waals surface area contributed by atoms with Crippen LogP contribution in [0.4, 0.5) is 0 Å². The summed E-state index contributed by atoms with van der Waals surface area (Å²) in [5, 5.41) is 6.45. The van der Waals surface area contributed by atoms with Crippen molar-refractivity contribution in [3.05, 3.63) is 115 Å². The maximum atomic E-state index is 4.93. The van der Waals surface area contributed by atoms with Crippen LogP contribution in [0.15, 0.2) is 109 Å². The number of hydrogen-bond donors (Lipinski definition) is 0. The predicted molar refractivity (Wildman–Crippen MR) is 154 cm³/mol. The van der Waals surface area contributed by atoms with E-state index in [1.807, 2.05) is 18.3 Å². The molecular weight excluding hydrogens is 565 g/mol. The average Bonchev–Trinajstić information content (AvgIpc) is 3.50. The number of halogens is 2. The molecule has 0 amide bonds. The Kier molecular flexibility index (Phi) is 11.4. The van der Waals surface area contributed by atoms with Crippen molar-refractivity contribution < 1.29 is 20.8 Å². The van der Waals surface area contributed by atoms with E-state index in [1.54, 1.807) is 0 Å². The van der Waals surface area contributed by atoms with Crippen molar-refractivity contribution in [1.82, 2.24) is 4.98 Å². The Morgan fingerprint density at radius 2 is 1.46 bits per heavy atom. The van der Waals surface area contributed by atoms with Gasteiger partial charge in [-0.1, -0.05) is 55.9 Å². The molecule has 1 nitrogen and oxygen atoms in total. The number of pyridine rings is 1. The first kappa shape index (κ1) is 27.6. The van der Waals surface area contributed by atoms with Crippen molar-refractivity contribution in [2.45, 2.75) is 20.0 Å². The third-order valence-corrected chi connectivity index (χ3v) is 5.34. The molecule has 0 saturated carbocycles. The van der Waals surface area contributed by atoms with E-state index in [0.29, 0.717) is 0 Å². The van der Waals surface area contributed by atoms with E-state index in [4.69, 9.17) is 17.0 Å². The SMILES string of the molecule is C[Si]C.Cc1cc2c(-c3cnc4ccccc4c3)cccc2[cH-]1.[Cl][Zr+2][Cl].c1ccc2[cH-]ccc2c1. The molecule has 0 N–H and O–H groups in total. The van der Waals surface area contributed by atoms with Crippen molar-refractivity contribution in [1.29, 1.82) is 0 Å². The second kappa shape index (κ2) is 14.5. The van der Waals surface area contributed by atoms with Gasteiger partial charge in [-0.15, -0.1) is 64.2 Å². The van der Waals surface area contributed by atoms with Gasteiger partial charge in [0.2, 0.25) is 0 Å². The van der Waals surface area contributed by atoms with Crippen molar-refractivity contribution in [2.75, 3.05) is 0 Å². The first-order chi connectivity index (χ1) is 17.1. The van der Waals surface area contributed by atoms with Crippen LogP contribution in [0.1, 0.15) is 5.56 Å². The Morgan fingerprint density at radius 1 is 0.800 bits per heavy atom. The molecule has 0 bridgehead atoms. The molecule has 0 aliphatic heterocycles. The zero-order valence-corrected chi connectivity index (χ0v) is 25.1. The van der Waals surface area contributed by atoms with E-state index in [1.165, 1.54) is 43.6 Å². The number of hydrogen-bond acceptors (Lipinski definition) is 1. The van der Waals surface area contributed by atoms with Gasteiger partial charge in [-0.25, -0.2) is 0 Å². The molecule has 5 heteroatoms. The fourth-order valence-electron chi connectivity index (χ4n) is 3.92. The zero-order valence-electron chi connectivity index (χ0n) is 20.1. The number of benzene rings is 3. The molecule has 174 valence electrons. The van der Waals surface area contributed by atoms with Gasteiger partial charge < -0.3 is 0 Å². The fraction of sp³-hybridized carbons (Fsp3) is 0.100. The molecule has 0 spiro atoms. The molecule has 6 aromatic rings. The van der Waals surface area contributed by atoms with Gasteiger partial charge in [0.1, 0.15) is 0 Å². The van der Waals surface area contributed by atoms with Crippen molar-refractivity contribution in [3.8, 4) is 11.1 Å². The maximum absolute atomic E-state index is 4.93.